The van der Waals surface area contributed by atoms with E-state index >= 15 is 0 Å². The Morgan fingerprint density at radius 1 is 1.10 bits per heavy atom. The first-order valence-electron chi connectivity index (χ1n) is 6.37. The van der Waals surface area contributed by atoms with Gasteiger partial charge in [-0.25, -0.2) is 13.1 Å². The second kappa shape index (κ2) is 6.83. The van der Waals surface area contributed by atoms with Gasteiger partial charge in [-0.05, 0) is 52.1 Å². The average Bonchev–Trinajstić information content (AvgIpc) is 2.36. The highest BCUT2D eigenvalue weighted by Crippen LogP contribution is 2.14. The van der Waals surface area contributed by atoms with Crippen LogP contribution in [0.1, 0.15) is 20.8 Å². The number of benzene rings is 1. The van der Waals surface area contributed by atoms with Crippen molar-refractivity contribution < 1.29 is 13.2 Å². The molecule has 0 spiro atoms. The van der Waals surface area contributed by atoms with Crippen LogP contribution in [0.5, 0.6) is 0 Å². The third kappa shape index (κ3) is 4.59. The van der Waals surface area contributed by atoms with Gasteiger partial charge in [-0.2, -0.15) is 0 Å². The van der Waals surface area contributed by atoms with Crippen LogP contribution in [0, 0.1) is 0 Å². The van der Waals surface area contributed by atoms with Crippen molar-refractivity contribution in [1.29, 1.82) is 0 Å². The molecule has 112 valence electrons. The molecule has 1 atom stereocenters. The van der Waals surface area contributed by atoms with Gasteiger partial charge in [-0.15, -0.1) is 0 Å². The zero-order valence-corrected chi connectivity index (χ0v) is 12.9. The van der Waals surface area contributed by atoms with Gasteiger partial charge in [0.15, 0.2) is 0 Å². The largest absolute Gasteiger partial charge is 0.325 e. The SMILES string of the molecule is CNC(C)C(=O)Nc1ccc(S(=O)(=O)NC(C)C)cc1. The van der Waals surface area contributed by atoms with Crippen molar-refractivity contribution in [2.75, 3.05) is 12.4 Å². The zero-order valence-electron chi connectivity index (χ0n) is 12.1. The summed E-state index contributed by atoms with van der Waals surface area (Å²) in [5.74, 6) is -0.177. The van der Waals surface area contributed by atoms with Crippen LogP contribution in [0.4, 0.5) is 5.69 Å². The molecule has 1 unspecified atom stereocenters. The molecule has 0 aliphatic heterocycles. The number of sulfonamides is 1. The first-order chi connectivity index (χ1) is 9.26. The summed E-state index contributed by atoms with van der Waals surface area (Å²) < 4.78 is 26.3. The lowest BCUT2D eigenvalue weighted by Crippen LogP contribution is -2.35. The minimum atomic E-state index is -3.50. The summed E-state index contributed by atoms with van der Waals surface area (Å²) >= 11 is 0. The Balaban J connectivity index is 2.82. The van der Waals surface area contributed by atoms with E-state index in [2.05, 4.69) is 15.4 Å². The summed E-state index contributed by atoms with van der Waals surface area (Å²) in [5, 5.41) is 5.52. The molecule has 20 heavy (non-hydrogen) atoms. The summed E-state index contributed by atoms with van der Waals surface area (Å²) in [4.78, 5) is 11.8. The Morgan fingerprint density at radius 2 is 1.65 bits per heavy atom. The van der Waals surface area contributed by atoms with E-state index in [0.717, 1.165) is 0 Å². The number of nitrogens with one attached hydrogen (secondary N) is 3. The maximum Gasteiger partial charge on any atom is 0.241 e. The molecule has 0 radical (unpaired) electrons. The van der Waals surface area contributed by atoms with E-state index in [4.69, 9.17) is 0 Å². The molecule has 1 aromatic carbocycles. The molecule has 7 heteroatoms. The molecule has 0 aliphatic carbocycles. The number of rotatable bonds is 6. The molecule has 0 aromatic heterocycles. The van der Waals surface area contributed by atoms with Crippen LogP contribution in [0.15, 0.2) is 29.2 Å². The molecule has 0 saturated heterocycles. The maximum atomic E-state index is 11.9. The van der Waals surface area contributed by atoms with Gasteiger partial charge >= 0.3 is 0 Å². The van der Waals surface area contributed by atoms with Crippen LogP contribution in [0.2, 0.25) is 0 Å². The van der Waals surface area contributed by atoms with Crippen LogP contribution in [-0.2, 0) is 14.8 Å². The Labute approximate surface area is 120 Å². The van der Waals surface area contributed by atoms with Gasteiger partial charge in [-0.1, -0.05) is 0 Å². The van der Waals surface area contributed by atoms with Crippen molar-refractivity contribution in [1.82, 2.24) is 10.0 Å². The van der Waals surface area contributed by atoms with Gasteiger partial charge in [0.2, 0.25) is 15.9 Å². The number of hydrogen-bond acceptors (Lipinski definition) is 4. The van der Waals surface area contributed by atoms with E-state index in [1.807, 2.05) is 0 Å². The van der Waals surface area contributed by atoms with Crippen LogP contribution < -0.4 is 15.4 Å². The van der Waals surface area contributed by atoms with E-state index in [0.29, 0.717) is 5.69 Å². The fourth-order valence-corrected chi connectivity index (χ4v) is 2.73. The number of amides is 1. The predicted octanol–water partition coefficient (Wildman–Crippen LogP) is 0.920. The highest BCUT2D eigenvalue weighted by atomic mass is 32.2. The topological polar surface area (TPSA) is 87.3 Å². The van der Waals surface area contributed by atoms with Crippen molar-refractivity contribution in [3.63, 3.8) is 0 Å². The van der Waals surface area contributed by atoms with Crippen molar-refractivity contribution >= 4 is 21.6 Å². The van der Waals surface area contributed by atoms with Gasteiger partial charge in [-0.3, -0.25) is 4.79 Å². The van der Waals surface area contributed by atoms with Crippen LogP contribution in [0.25, 0.3) is 0 Å². The van der Waals surface area contributed by atoms with E-state index in [9.17, 15) is 13.2 Å². The van der Waals surface area contributed by atoms with Gasteiger partial charge in [0.05, 0.1) is 10.9 Å². The molecular weight excluding hydrogens is 278 g/mol. The van der Waals surface area contributed by atoms with Crippen molar-refractivity contribution in [3.05, 3.63) is 24.3 Å². The second-order valence-corrected chi connectivity index (χ2v) is 6.51. The zero-order chi connectivity index (χ0) is 15.3. The highest BCUT2D eigenvalue weighted by Gasteiger charge is 2.15. The summed E-state index contributed by atoms with van der Waals surface area (Å²) in [6.07, 6.45) is 0. The van der Waals surface area contributed by atoms with Crippen molar-refractivity contribution in [2.24, 2.45) is 0 Å². The van der Waals surface area contributed by atoms with Gasteiger partial charge in [0.25, 0.3) is 0 Å². The summed E-state index contributed by atoms with van der Waals surface area (Å²) in [5.41, 5.74) is 0.556. The molecule has 1 aromatic rings. The average molecular weight is 299 g/mol. The number of carbonyl (C=O) groups excluding carboxylic acids is 1. The van der Waals surface area contributed by atoms with E-state index in [-0.39, 0.29) is 22.9 Å². The molecule has 0 heterocycles. The maximum absolute atomic E-state index is 11.9. The van der Waals surface area contributed by atoms with E-state index in [1.54, 1.807) is 40.0 Å². The minimum absolute atomic E-state index is 0.171. The van der Waals surface area contributed by atoms with Gasteiger partial charge < -0.3 is 10.6 Å². The lowest BCUT2D eigenvalue weighted by atomic mass is 10.3. The lowest BCUT2D eigenvalue weighted by molar-refractivity contribution is -0.117. The molecule has 0 aliphatic rings. The lowest BCUT2D eigenvalue weighted by Gasteiger charge is -2.12. The second-order valence-electron chi connectivity index (χ2n) is 4.80. The number of anilines is 1. The smallest absolute Gasteiger partial charge is 0.241 e. The number of likely N-dealkylation sites (N-methyl/N-ethyl adjacent to an activating group) is 1. The molecule has 0 bridgehead atoms. The fraction of sp³-hybridized carbons (Fsp3) is 0.462. The van der Waals surface area contributed by atoms with Crippen LogP contribution in [-0.4, -0.2) is 33.5 Å². The fourth-order valence-electron chi connectivity index (χ4n) is 1.48. The summed E-state index contributed by atoms with van der Waals surface area (Å²) in [6, 6.07) is 5.57. The monoisotopic (exact) mass is 299 g/mol. The van der Waals surface area contributed by atoms with E-state index < -0.39 is 10.0 Å². The first-order valence-corrected chi connectivity index (χ1v) is 7.85. The predicted molar refractivity (Wildman–Crippen MR) is 79.1 cm³/mol. The standard InChI is InChI=1S/C13H21N3O3S/c1-9(2)16-20(18,19)12-7-5-11(6-8-12)15-13(17)10(3)14-4/h5-10,14,16H,1-4H3,(H,15,17). The Kier molecular flexibility index (Phi) is 5.67. The summed E-state index contributed by atoms with van der Waals surface area (Å²) in [6.45, 7) is 5.25. The van der Waals surface area contributed by atoms with E-state index in [1.165, 1.54) is 12.1 Å². The molecule has 1 amide bonds. The minimum Gasteiger partial charge on any atom is -0.325 e. The third-order valence-corrected chi connectivity index (χ3v) is 4.32. The van der Waals surface area contributed by atoms with Crippen molar-refractivity contribution in [3.8, 4) is 0 Å². The van der Waals surface area contributed by atoms with Crippen LogP contribution >= 0.6 is 0 Å². The highest BCUT2D eigenvalue weighted by molar-refractivity contribution is 7.89. The van der Waals surface area contributed by atoms with Gasteiger partial charge in [0.1, 0.15) is 0 Å². The molecular formula is C13H21N3O3S. The Morgan fingerprint density at radius 3 is 2.10 bits per heavy atom. The first kappa shape index (κ1) is 16.6. The quantitative estimate of drug-likeness (QED) is 0.729. The Hall–Kier alpha value is -1.44. The van der Waals surface area contributed by atoms with Crippen LogP contribution in [0.3, 0.4) is 0 Å². The molecule has 3 N–H and O–H groups in total. The molecule has 0 fully saturated rings. The molecule has 0 saturated carbocycles. The third-order valence-electron chi connectivity index (χ3n) is 2.65. The van der Waals surface area contributed by atoms with Crippen molar-refractivity contribution in [2.45, 2.75) is 37.8 Å². The van der Waals surface area contributed by atoms with Gasteiger partial charge in [0, 0.05) is 11.7 Å². The Bertz CT molecular complexity index is 553. The number of carbonyl (C=O) groups is 1. The summed E-state index contributed by atoms with van der Waals surface area (Å²) in [7, 11) is -1.81. The molecule has 6 nitrogen and oxygen atoms in total. The normalized spacial score (nSPS) is 13.2. The molecule has 1 rings (SSSR count). The number of hydrogen-bond donors (Lipinski definition) is 3.